The van der Waals surface area contributed by atoms with E-state index in [4.69, 9.17) is 0 Å². The first kappa shape index (κ1) is 11.9. The fraction of sp³-hybridized carbons (Fsp3) is 0.500. The smallest absolute Gasteiger partial charge is 0.243 e. The Morgan fingerprint density at radius 2 is 2.18 bits per heavy atom. The van der Waals surface area contributed by atoms with Crippen LogP contribution >= 0.6 is 0 Å². The molecule has 0 aliphatic rings. The molecule has 0 aliphatic carbocycles. The van der Waals surface area contributed by atoms with E-state index in [1.165, 1.54) is 0 Å². The average Bonchev–Trinajstić information content (AvgIpc) is 2.60. The Kier molecular flexibility index (Phi) is 3.28. The van der Waals surface area contributed by atoms with Crippen LogP contribution in [0.25, 0.3) is 5.65 Å². The van der Waals surface area contributed by atoms with Gasteiger partial charge < -0.3 is 10.2 Å². The van der Waals surface area contributed by atoms with Gasteiger partial charge in [0.2, 0.25) is 5.95 Å². The summed E-state index contributed by atoms with van der Waals surface area (Å²) in [7, 11) is 4.11. The van der Waals surface area contributed by atoms with Gasteiger partial charge in [0, 0.05) is 18.3 Å². The van der Waals surface area contributed by atoms with Crippen molar-refractivity contribution in [3.63, 3.8) is 0 Å². The number of nitrogens with zero attached hydrogens (tertiary/aromatic N) is 4. The van der Waals surface area contributed by atoms with Gasteiger partial charge in [-0.25, -0.2) is 4.52 Å². The predicted octanol–water partition coefficient (Wildman–Crippen LogP) is 1.40. The van der Waals surface area contributed by atoms with Gasteiger partial charge in [0.25, 0.3) is 0 Å². The van der Waals surface area contributed by atoms with Crippen molar-refractivity contribution in [1.29, 1.82) is 0 Å². The Morgan fingerprint density at radius 1 is 1.41 bits per heavy atom. The van der Waals surface area contributed by atoms with Gasteiger partial charge in [-0.1, -0.05) is 6.07 Å². The number of rotatable bonds is 4. The second kappa shape index (κ2) is 4.71. The van der Waals surface area contributed by atoms with Crippen LogP contribution in [0, 0.1) is 6.92 Å². The Balaban J connectivity index is 2.17. The largest absolute Gasteiger partial charge is 0.349 e. The lowest BCUT2D eigenvalue weighted by Gasteiger charge is -2.16. The van der Waals surface area contributed by atoms with Crippen molar-refractivity contribution >= 4 is 11.6 Å². The van der Waals surface area contributed by atoms with Gasteiger partial charge in [-0.05, 0) is 40.1 Å². The molecule has 5 nitrogen and oxygen atoms in total. The molecule has 0 aromatic carbocycles. The molecule has 0 fully saturated rings. The van der Waals surface area contributed by atoms with Crippen molar-refractivity contribution < 1.29 is 0 Å². The Hall–Kier alpha value is -1.62. The molecule has 1 unspecified atom stereocenters. The number of anilines is 1. The van der Waals surface area contributed by atoms with Gasteiger partial charge >= 0.3 is 0 Å². The molecule has 17 heavy (non-hydrogen) atoms. The van der Waals surface area contributed by atoms with Gasteiger partial charge in [-0.15, -0.1) is 5.10 Å². The number of nitrogens with one attached hydrogen (secondary N) is 1. The highest BCUT2D eigenvalue weighted by Gasteiger charge is 2.08. The summed E-state index contributed by atoms with van der Waals surface area (Å²) in [6, 6.07) is 6.30. The zero-order valence-electron chi connectivity index (χ0n) is 10.8. The van der Waals surface area contributed by atoms with E-state index >= 15 is 0 Å². The summed E-state index contributed by atoms with van der Waals surface area (Å²) in [4.78, 5) is 6.58. The van der Waals surface area contributed by atoms with Crippen LogP contribution < -0.4 is 5.32 Å². The molecule has 1 atom stereocenters. The molecule has 2 heterocycles. The summed E-state index contributed by atoms with van der Waals surface area (Å²) in [6.07, 6.45) is 0. The molecule has 5 heteroatoms. The number of hydrogen-bond donors (Lipinski definition) is 1. The van der Waals surface area contributed by atoms with E-state index in [0.29, 0.717) is 12.0 Å². The summed E-state index contributed by atoms with van der Waals surface area (Å²) < 4.78 is 1.85. The Labute approximate surface area is 101 Å². The topological polar surface area (TPSA) is 45.5 Å². The van der Waals surface area contributed by atoms with E-state index in [1.807, 2.05) is 29.6 Å². The molecule has 0 bridgehead atoms. The van der Waals surface area contributed by atoms with Crippen molar-refractivity contribution in [3.8, 4) is 0 Å². The molecule has 0 amide bonds. The number of aromatic nitrogens is 3. The number of fused-ring (bicyclic) bond motifs is 1. The molecule has 0 aliphatic heterocycles. The minimum Gasteiger partial charge on any atom is -0.349 e. The van der Waals surface area contributed by atoms with Gasteiger partial charge in [0.15, 0.2) is 5.65 Å². The third-order valence-electron chi connectivity index (χ3n) is 2.56. The van der Waals surface area contributed by atoms with Gasteiger partial charge in [0.1, 0.15) is 0 Å². The SMILES string of the molecule is Cc1cccc2nc(NC(C)CN(C)C)nn12. The summed E-state index contributed by atoms with van der Waals surface area (Å²) in [5.41, 5.74) is 1.97. The van der Waals surface area contributed by atoms with Gasteiger partial charge in [0.05, 0.1) is 0 Å². The van der Waals surface area contributed by atoms with Crippen LogP contribution in [-0.2, 0) is 0 Å². The lowest BCUT2D eigenvalue weighted by molar-refractivity contribution is 0.391. The zero-order chi connectivity index (χ0) is 12.4. The first-order valence-corrected chi connectivity index (χ1v) is 5.80. The number of aryl methyl sites for hydroxylation is 1. The second-order valence-corrected chi connectivity index (χ2v) is 4.68. The van der Waals surface area contributed by atoms with Crippen molar-refractivity contribution in [2.45, 2.75) is 19.9 Å². The van der Waals surface area contributed by atoms with Gasteiger partial charge in [-0.3, -0.25) is 0 Å². The van der Waals surface area contributed by atoms with Crippen LogP contribution in [0.2, 0.25) is 0 Å². The predicted molar refractivity (Wildman–Crippen MR) is 69.4 cm³/mol. The monoisotopic (exact) mass is 233 g/mol. The van der Waals surface area contributed by atoms with E-state index in [2.05, 4.69) is 41.3 Å². The number of pyridine rings is 1. The standard InChI is InChI=1S/C12H19N5/c1-9(8-16(3)4)13-12-14-11-7-5-6-10(2)17(11)15-12/h5-7,9H,8H2,1-4H3,(H,13,15). The maximum atomic E-state index is 4.44. The van der Waals surface area contributed by atoms with E-state index in [1.54, 1.807) is 0 Å². The van der Waals surface area contributed by atoms with Crippen molar-refractivity contribution in [2.75, 3.05) is 26.0 Å². The quantitative estimate of drug-likeness (QED) is 0.867. The third-order valence-corrected chi connectivity index (χ3v) is 2.56. The maximum Gasteiger partial charge on any atom is 0.243 e. The van der Waals surface area contributed by atoms with E-state index in [0.717, 1.165) is 17.9 Å². The fourth-order valence-electron chi connectivity index (χ4n) is 1.91. The van der Waals surface area contributed by atoms with E-state index in [-0.39, 0.29) is 0 Å². The molecule has 92 valence electrons. The summed E-state index contributed by atoms with van der Waals surface area (Å²) in [5, 5.41) is 7.74. The lowest BCUT2D eigenvalue weighted by atomic mass is 10.3. The molecule has 1 N–H and O–H groups in total. The summed E-state index contributed by atoms with van der Waals surface area (Å²) in [5.74, 6) is 0.689. The molecule has 0 saturated carbocycles. The molecule has 2 rings (SSSR count). The first-order chi connectivity index (χ1) is 8.06. The highest BCUT2D eigenvalue weighted by molar-refractivity contribution is 5.44. The molecule has 2 aromatic heterocycles. The van der Waals surface area contributed by atoms with Crippen molar-refractivity contribution in [1.82, 2.24) is 19.5 Å². The Morgan fingerprint density at radius 3 is 2.82 bits per heavy atom. The van der Waals surface area contributed by atoms with E-state index < -0.39 is 0 Å². The lowest BCUT2D eigenvalue weighted by Crippen LogP contribution is -2.30. The van der Waals surface area contributed by atoms with Crippen molar-refractivity contribution in [2.24, 2.45) is 0 Å². The molecule has 2 aromatic rings. The van der Waals surface area contributed by atoms with Crippen LogP contribution in [0.1, 0.15) is 12.6 Å². The number of likely N-dealkylation sites (N-methyl/N-ethyl adjacent to an activating group) is 1. The van der Waals surface area contributed by atoms with Crippen LogP contribution in [-0.4, -0.2) is 46.2 Å². The molecular weight excluding hydrogens is 214 g/mol. The Bertz CT molecular complexity index is 503. The third kappa shape index (κ3) is 2.74. The van der Waals surface area contributed by atoms with E-state index in [9.17, 15) is 0 Å². The van der Waals surface area contributed by atoms with Gasteiger partial charge in [-0.2, -0.15) is 4.98 Å². The minimum absolute atomic E-state index is 0.322. The maximum absolute atomic E-state index is 4.44. The average molecular weight is 233 g/mol. The van der Waals surface area contributed by atoms with Crippen LogP contribution in [0.3, 0.4) is 0 Å². The highest BCUT2D eigenvalue weighted by Crippen LogP contribution is 2.08. The molecule has 0 saturated heterocycles. The first-order valence-electron chi connectivity index (χ1n) is 5.80. The van der Waals surface area contributed by atoms with Crippen molar-refractivity contribution in [3.05, 3.63) is 23.9 Å². The summed E-state index contributed by atoms with van der Waals surface area (Å²) in [6.45, 7) is 5.10. The van der Waals surface area contributed by atoms with Crippen LogP contribution in [0.15, 0.2) is 18.2 Å². The fourth-order valence-corrected chi connectivity index (χ4v) is 1.91. The molecule has 0 spiro atoms. The molecular formula is C12H19N5. The normalized spacial score (nSPS) is 13.2. The van der Waals surface area contributed by atoms with Crippen LogP contribution in [0.4, 0.5) is 5.95 Å². The molecule has 0 radical (unpaired) electrons. The van der Waals surface area contributed by atoms with Crippen LogP contribution in [0.5, 0.6) is 0 Å². The second-order valence-electron chi connectivity index (χ2n) is 4.68. The summed E-state index contributed by atoms with van der Waals surface area (Å²) >= 11 is 0. The number of hydrogen-bond acceptors (Lipinski definition) is 4. The minimum atomic E-state index is 0.322. The highest BCUT2D eigenvalue weighted by atomic mass is 15.4. The zero-order valence-corrected chi connectivity index (χ0v) is 10.8.